The van der Waals surface area contributed by atoms with E-state index in [2.05, 4.69) is 4.98 Å². The molecule has 2 aromatic carbocycles. The van der Waals surface area contributed by atoms with Crippen LogP contribution in [0.1, 0.15) is 5.56 Å². The molecule has 0 atom stereocenters. The highest BCUT2D eigenvalue weighted by Crippen LogP contribution is 2.31. The summed E-state index contributed by atoms with van der Waals surface area (Å²) < 4.78 is 45.1. The zero-order valence-electron chi connectivity index (χ0n) is 12.0. The van der Waals surface area contributed by atoms with E-state index in [1.807, 2.05) is 0 Å². The number of aromatic nitrogens is 2. The first-order chi connectivity index (χ1) is 10.9. The largest absolute Gasteiger partial charge is 0.497 e. The topological polar surface area (TPSA) is 44.1 Å². The second-order valence-corrected chi connectivity index (χ2v) is 4.85. The first kappa shape index (κ1) is 15.1. The van der Waals surface area contributed by atoms with Crippen LogP contribution in [0.3, 0.4) is 0 Å². The fraction of sp³-hybridized carbons (Fsp3) is 0.125. The van der Waals surface area contributed by atoms with Crippen molar-refractivity contribution in [2.24, 2.45) is 0 Å². The van der Waals surface area contributed by atoms with Crippen molar-refractivity contribution in [3.8, 4) is 11.4 Å². The first-order valence-electron chi connectivity index (χ1n) is 6.63. The molecule has 0 spiro atoms. The van der Waals surface area contributed by atoms with E-state index in [0.717, 1.165) is 12.1 Å². The summed E-state index contributed by atoms with van der Waals surface area (Å²) in [6, 6.07) is 9.58. The maximum Gasteiger partial charge on any atom is 0.416 e. The maximum absolute atomic E-state index is 12.9. The summed E-state index contributed by atoms with van der Waals surface area (Å²) in [5, 5.41) is 0.268. The number of alkyl halides is 3. The summed E-state index contributed by atoms with van der Waals surface area (Å²) in [5.41, 5.74) is -0.523. The third kappa shape index (κ3) is 2.77. The number of methoxy groups -OCH3 is 1. The van der Waals surface area contributed by atoms with Gasteiger partial charge in [-0.25, -0.2) is 0 Å². The molecule has 0 unspecified atom stereocenters. The molecule has 0 saturated carbocycles. The summed E-state index contributed by atoms with van der Waals surface area (Å²) in [5.74, 6) is 0.471. The summed E-state index contributed by atoms with van der Waals surface area (Å²) in [7, 11) is 1.46. The Morgan fingerprint density at radius 1 is 1.13 bits per heavy atom. The molecule has 0 aliphatic rings. The highest BCUT2D eigenvalue weighted by atomic mass is 19.4. The van der Waals surface area contributed by atoms with Crippen LogP contribution in [0.5, 0.6) is 5.75 Å². The quantitative estimate of drug-likeness (QED) is 0.727. The van der Waals surface area contributed by atoms with Crippen molar-refractivity contribution < 1.29 is 17.9 Å². The van der Waals surface area contributed by atoms with Crippen LogP contribution < -0.4 is 10.3 Å². The third-order valence-corrected chi connectivity index (χ3v) is 3.44. The van der Waals surface area contributed by atoms with E-state index in [4.69, 9.17) is 4.74 Å². The monoisotopic (exact) mass is 320 g/mol. The number of fused-ring (bicyclic) bond motifs is 1. The van der Waals surface area contributed by atoms with Gasteiger partial charge >= 0.3 is 6.18 Å². The van der Waals surface area contributed by atoms with E-state index < -0.39 is 17.3 Å². The van der Waals surface area contributed by atoms with Gasteiger partial charge in [-0.1, -0.05) is 6.07 Å². The predicted octanol–water partition coefficient (Wildman–Crippen LogP) is 3.41. The second-order valence-electron chi connectivity index (χ2n) is 4.85. The Morgan fingerprint density at radius 2 is 1.91 bits per heavy atom. The lowest BCUT2D eigenvalue weighted by Crippen LogP contribution is -2.12. The molecule has 0 saturated heterocycles. The van der Waals surface area contributed by atoms with Crippen LogP contribution in [0.25, 0.3) is 16.6 Å². The molecule has 0 N–H and O–H groups in total. The molecule has 4 nitrogen and oxygen atoms in total. The van der Waals surface area contributed by atoms with Gasteiger partial charge in [-0.2, -0.15) is 18.2 Å². The molecular formula is C16H11F3N2O2. The van der Waals surface area contributed by atoms with Crippen molar-refractivity contribution in [1.82, 2.24) is 9.55 Å². The van der Waals surface area contributed by atoms with Crippen molar-refractivity contribution in [1.29, 1.82) is 0 Å². The number of nitrogens with zero attached hydrogens (tertiary/aromatic N) is 2. The SMILES string of the molecule is COc1ccc2c(c1)c(=O)ncn2-c1cccc(C(F)(F)F)c1. The Balaban J connectivity index is 2.25. The van der Waals surface area contributed by atoms with Gasteiger partial charge in [-0.3, -0.25) is 4.79 Å². The van der Waals surface area contributed by atoms with Gasteiger partial charge in [-0.05, 0) is 36.4 Å². The second kappa shape index (κ2) is 5.42. The van der Waals surface area contributed by atoms with Gasteiger partial charge < -0.3 is 9.30 Å². The average Bonchev–Trinajstić information content (AvgIpc) is 2.54. The predicted molar refractivity (Wildman–Crippen MR) is 78.9 cm³/mol. The van der Waals surface area contributed by atoms with E-state index in [0.29, 0.717) is 11.3 Å². The molecule has 23 heavy (non-hydrogen) atoms. The normalized spacial score (nSPS) is 11.7. The molecule has 3 aromatic rings. The van der Waals surface area contributed by atoms with E-state index in [1.165, 1.54) is 36.2 Å². The third-order valence-electron chi connectivity index (χ3n) is 3.44. The molecule has 7 heteroatoms. The summed E-state index contributed by atoms with van der Waals surface area (Å²) in [6.45, 7) is 0. The zero-order valence-corrected chi connectivity index (χ0v) is 12.0. The number of halogens is 3. The van der Waals surface area contributed by atoms with Crippen molar-refractivity contribution in [2.45, 2.75) is 6.18 Å². The number of benzene rings is 2. The Morgan fingerprint density at radius 3 is 2.61 bits per heavy atom. The Kier molecular flexibility index (Phi) is 3.55. The Hall–Kier alpha value is -2.83. The van der Waals surface area contributed by atoms with Crippen LogP contribution in [0, 0.1) is 0 Å². The van der Waals surface area contributed by atoms with Crippen LogP contribution >= 0.6 is 0 Å². The molecule has 3 rings (SSSR count). The summed E-state index contributed by atoms with van der Waals surface area (Å²) in [4.78, 5) is 15.6. The molecular weight excluding hydrogens is 309 g/mol. The van der Waals surface area contributed by atoms with Crippen molar-refractivity contribution in [3.63, 3.8) is 0 Å². The van der Waals surface area contributed by atoms with E-state index >= 15 is 0 Å². The fourth-order valence-corrected chi connectivity index (χ4v) is 2.30. The first-order valence-corrected chi connectivity index (χ1v) is 6.63. The van der Waals surface area contributed by atoms with Crippen LogP contribution in [0.2, 0.25) is 0 Å². The van der Waals surface area contributed by atoms with Gasteiger partial charge in [0.2, 0.25) is 0 Å². The molecule has 1 aromatic heterocycles. The van der Waals surface area contributed by atoms with Crippen molar-refractivity contribution in [2.75, 3.05) is 7.11 Å². The zero-order chi connectivity index (χ0) is 16.6. The standard InChI is InChI=1S/C16H11F3N2O2/c1-23-12-5-6-14-13(8-12)15(22)20-9-21(14)11-4-2-3-10(7-11)16(17,18)19/h2-9H,1H3. The minimum absolute atomic E-state index is 0.266. The van der Waals surface area contributed by atoms with Crippen LogP contribution in [0.15, 0.2) is 53.6 Å². The van der Waals surface area contributed by atoms with E-state index in [-0.39, 0.29) is 11.1 Å². The van der Waals surface area contributed by atoms with Gasteiger partial charge in [0.15, 0.2) is 0 Å². The molecule has 0 amide bonds. The van der Waals surface area contributed by atoms with Gasteiger partial charge in [0.05, 0.1) is 23.6 Å². The lowest BCUT2D eigenvalue weighted by atomic mass is 10.1. The number of hydrogen-bond donors (Lipinski definition) is 0. The van der Waals surface area contributed by atoms with Gasteiger partial charge in [0, 0.05) is 5.69 Å². The molecule has 0 aliphatic heterocycles. The number of ether oxygens (including phenoxy) is 1. The minimum Gasteiger partial charge on any atom is -0.497 e. The lowest BCUT2D eigenvalue weighted by Gasteiger charge is -2.13. The number of hydrogen-bond acceptors (Lipinski definition) is 3. The highest BCUT2D eigenvalue weighted by Gasteiger charge is 2.30. The molecule has 118 valence electrons. The average molecular weight is 320 g/mol. The lowest BCUT2D eigenvalue weighted by molar-refractivity contribution is -0.137. The van der Waals surface area contributed by atoms with Crippen LogP contribution in [-0.2, 0) is 6.18 Å². The molecule has 0 aliphatic carbocycles. The summed E-state index contributed by atoms with van der Waals surface area (Å²) >= 11 is 0. The Labute approximate surface area is 128 Å². The smallest absolute Gasteiger partial charge is 0.416 e. The molecule has 0 radical (unpaired) electrons. The van der Waals surface area contributed by atoms with Crippen LogP contribution in [-0.4, -0.2) is 16.7 Å². The van der Waals surface area contributed by atoms with Crippen molar-refractivity contribution in [3.05, 3.63) is 64.7 Å². The highest BCUT2D eigenvalue weighted by molar-refractivity contribution is 5.81. The van der Waals surface area contributed by atoms with Gasteiger partial charge in [0.1, 0.15) is 12.1 Å². The van der Waals surface area contributed by atoms with E-state index in [1.54, 1.807) is 12.1 Å². The van der Waals surface area contributed by atoms with Crippen LogP contribution in [0.4, 0.5) is 13.2 Å². The molecule has 0 bridgehead atoms. The van der Waals surface area contributed by atoms with Crippen molar-refractivity contribution >= 4 is 10.9 Å². The van der Waals surface area contributed by atoms with E-state index in [9.17, 15) is 18.0 Å². The minimum atomic E-state index is -4.44. The molecule has 0 fully saturated rings. The Bertz CT molecular complexity index is 932. The van der Waals surface area contributed by atoms with Gasteiger partial charge in [-0.15, -0.1) is 0 Å². The van der Waals surface area contributed by atoms with Gasteiger partial charge in [0.25, 0.3) is 5.56 Å². The maximum atomic E-state index is 12.9. The summed E-state index contributed by atoms with van der Waals surface area (Å²) in [6.07, 6.45) is -3.23. The molecule has 1 heterocycles. The fourth-order valence-electron chi connectivity index (χ4n) is 2.30. The number of rotatable bonds is 2.